The van der Waals surface area contributed by atoms with E-state index in [0.717, 1.165) is 9.64 Å². The molecule has 1 aromatic carbocycles. The Balaban J connectivity index is 2.83. The van der Waals surface area contributed by atoms with Crippen LogP contribution in [0.1, 0.15) is 12.0 Å². The van der Waals surface area contributed by atoms with E-state index in [9.17, 15) is 13.9 Å². The average molecular weight is 326 g/mol. The lowest BCUT2D eigenvalue weighted by Crippen LogP contribution is -1.85. The van der Waals surface area contributed by atoms with Crippen LogP contribution in [0, 0.1) is 3.57 Å². The Hall–Kier alpha value is -0.430. The van der Waals surface area contributed by atoms with Gasteiger partial charge in [-0.05, 0) is 34.7 Å². The lowest BCUT2D eigenvalue weighted by atomic mass is 10.1. The number of hydrogen-bond acceptors (Lipinski definition) is 2. The Bertz CT molecular complexity index is 481. The van der Waals surface area contributed by atoms with Crippen LogP contribution in [0.25, 0.3) is 10.1 Å². The molecule has 0 unspecified atom stereocenters. The fourth-order valence-corrected chi connectivity index (χ4v) is 3.37. The molecule has 2 aromatic rings. The fourth-order valence-electron chi connectivity index (χ4n) is 1.32. The summed E-state index contributed by atoms with van der Waals surface area (Å²) < 4.78 is 26.8. The third kappa shape index (κ3) is 1.58. The Morgan fingerprint density at radius 2 is 2.07 bits per heavy atom. The summed E-state index contributed by atoms with van der Waals surface area (Å²) >= 11 is 3.38. The van der Waals surface area contributed by atoms with Crippen molar-refractivity contribution in [3.63, 3.8) is 0 Å². The molecular weight excluding hydrogens is 321 g/mol. The van der Waals surface area contributed by atoms with Crippen molar-refractivity contribution in [1.82, 2.24) is 0 Å². The van der Waals surface area contributed by atoms with Gasteiger partial charge in [-0.15, -0.1) is 11.3 Å². The second kappa shape index (κ2) is 3.62. The second-order valence-corrected chi connectivity index (χ2v) is 4.87. The average Bonchev–Trinajstić information content (AvgIpc) is 2.46. The smallest absolute Gasteiger partial charge is 0.264 e. The lowest BCUT2D eigenvalue weighted by molar-refractivity contribution is 0.153. The Morgan fingerprint density at radius 1 is 1.36 bits per heavy atom. The fraction of sp³-hybridized carbons (Fsp3) is 0.111. The van der Waals surface area contributed by atoms with Crippen molar-refractivity contribution in [1.29, 1.82) is 0 Å². The van der Waals surface area contributed by atoms with E-state index in [1.165, 1.54) is 17.4 Å². The van der Waals surface area contributed by atoms with E-state index in [0.29, 0.717) is 10.1 Å². The minimum Gasteiger partial charge on any atom is -0.508 e. The van der Waals surface area contributed by atoms with Crippen LogP contribution in [0.15, 0.2) is 17.5 Å². The molecule has 1 aromatic heterocycles. The molecule has 0 fully saturated rings. The summed E-state index contributed by atoms with van der Waals surface area (Å²) in [5.41, 5.74) is -0.0920. The van der Waals surface area contributed by atoms with Crippen molar-refractivity contribution in [2.24, 2.45) is 0 Å². The Kier molecular flexibility index (Phi) is 2.61. The summed E-state index contributed by atoms with van der Waals surface area (Å²) in [6.45, 7) is 0. The van der Waals surface area contributed by atoms with E-state index < -0.39 is 6.43 Å². The van der Waals surface area contributed by atoms with Gasteiger partial charge in [0.2, 0.25) is 0 Å². The van der Waals surface area contributed by atoms with Gasteiger partial charge in [-0.2, -0.15) is 0 Å². The molecule has 14 heavy (non-hydrogen) atoms. The van der Waals surface area contributed by atoms with Crippen LogP contribution in [-0.4, -0.2) is 5.11 Å². The molecule has 0 amide bonds. The van der Waals surface area contributed by atoms with Crippen LogP contribution in [0.4, 0.5) is 8.78 Å². The van der Waals surface area contributed by atoms with Crippen LogP contribution >= 0.6 is 33.9 Å². The van der Waals surface area contributed by atoms with Crippen LogP contribution in [-0.2, 0) is 0 Å². The van der Waals surface area contributed by atoms with E-state index in [1.807, 2.05) is 22.6 Å². The predicted molar refractivity (Wildman–Crippen MR) is 61.2 cm³/mol. The standard InChI is InChI=1S/C9H5F2IOS/c10-9(11)5-1-4(13)2-7-8(5)6(12)3-14-7/h1-3,9,13H. The molecule has 0 saturated carbocycles. The summed E-state index contributed by atoms with van der Waals surface area (Å²) in [5, 5.41) is 11.6. The molecule has 0 aliphatic heterocycles. The molecule has 1 heterocycles. The minimum atomic E-state index is -2.55. The molecule has 2 rings (SSSR count). The van der Waals surface area contributed by atoms with E-state index in [-0.39, 0.29) is 11.3 Å². The van der Waals surface area contributed by atoms with Gasteiger partial charge in [0.25, 0.3) is 6.43 Å². The second-order valence-electron chi connectivity index (χ2n) is 2.79. The number of benzene rings is 1. The first-order chi connectivity index (χ1) is 6.59. The number of aromatic hydroxyl groups is 1. The Morgan fingerprint density at radius 3 is 2.71 bits per heavy atom. The molecule has 5 heteroatoms. The molecule has 0 atom stereocenters. The van der Waals surface area contributed by atoms with Crippen molar-refractivity contribution in [2.45, 2.75) is 6.43 Å². The zero-order chi connectivity index (χ0) is 10.3. The maximum Gasteiger partial charge on any atom is 0.264 e. The molecule has 74 valence electrons. The van der Waals surface area contributed by atoms with E-state index in [1.54, 1.807) is 5.38 Å². The van der Waals surface area contributed by atoms with Gasteiger partial charge in [0.15, 0.2) is 0 Å². The first-order valence-corrected chi connectivity index (χ1v) is 5.73. The zero-order valence-corrected chi connectivity index (χ0v) is 9.77. The highest BCUT2D eigenvalue weighted by Gasteiger charge is 2.16. The van der Waals surface area contributed by atoms with Crippen molar-refractivity contribution in [3.8, 4) is 5.75 Å². The summed E-state index contributed by atoms with van der Waals surface area (Å²) in [5.74, 6) is -0.106. The molecule has 0 bridgehead atoms. The van der Waals surface area contributed by atoms with Crippen molar-refractivity contribution < 1.29 is 13.9 Å². The lowest BCUT2D eigenvalue weighted by Gasteiger charge is -2.03. The van der Waals surface area contributed by atoms with Gasteiger partial charge in [0.1, 0.15) is 5.75 Å². The molecule has 0 aliphatic rings. The number of thiophene rings is 1. The van der Waals surface area contributed by atoms with Crippen LogP contribution in [0.2, 0.25) is 0 Å². The third-order valence-corrected chi connectivity index (χ3v) is 4.08. The van der Waals surface area contributed by atoms with E-state index in [2.05, 4.69) is 0 Å². The first-order valence-electron chi connectivity index (χ1n) is 3.77. The highest BCUT2D eigenvalue weighted by atomic mass is 127. The number of halogens is 3. The number of phenols is 1. The molecule has 0 aliphatic carbocycles. The van der Waals surface area contributed by atoms with Crippen LogP contribution in [0.3, 0.4) is 0 Å². The SMILES string of the molecule is Oc1cc(C(F)F)c2c(I)csc2c1. The number of rotatable bonds is 1. The molecule has 0 radical (unpaired) electrons. The van der Waals surface area contributed by atoms with Gasteiger partial charge >= 0.3 is 0 Å². The molecule has 1 N–H and O–H groups in total. The summed E-state index contributed by atoms with van der Waals surface area (Å²) in [6, 6.07) is 2.63. The van der Waals surface area contributed by atoms with Gasteiger partial charge in [-0.3, -0.25) is 0 Å². The largest absolute Gasteiger partial charge is 0.508 e. The van der Waals surface area contributed by atoms with Gasteiger partial charge in [-0.1, -0.05) is 0 Å². The first kappa shape index (κ1) is 10.1. The number of phenolic OH excluding ortho intramolecular Hbond substituents is 1. The summed E-state index contributed by atoms with van der Waals surface area (Å²) in [6.07, 6.45) is -2.55. The van der Waals surface area contributed by atoms with Crippen molar-refractivity contribution >= 4 is 44.0 Å². The number of alkyl halides is 2. The monoisotopic (exact) mass is 326 g/mol. The maximum atomic E-state index is 12.6. The van der Waals surface area contributed by atoms with Crippen molar-refractivity contribution in [3.05, 3.63) is 26.6 Å². The van der Waals surface area contributed by atoms with Gasteiger partial charge < -0.3 is 5.11 Å². The quantitative estimate of drug-likeness (QED) is 0.781. The zero-order valence-electron chi connectivity index (χ0n) is 6.80. The van der Waals surface area contributed by atoms with Crippen molar-refractivity contribution in [2.75, 3.05) is 0 Å². The Labute approximate surface area is 96.5 Å². The van der Waals surface area contributed by atoms with Crippen LogP contribution < -0.4 is 0 Å². The summed E-state index contributed by atoms with van der Waals surface area (Å²) in [7, 11) is 0. The van der Waals surface area contributed by atoms with E-state index >= 15 is 0 Å². The molecular formula is C9H5F2IOS. The van der Waals surface area contributed by atoms with E-state index in [4.69, 9.17) is 0 Å². The van der Waals surface area contributed by atoms with Gasteiger partial charge in [-0.25, -0.2) is 8.78 Å². The topological polar surface area (TPSA) is 20.2 Å². The highest BCUT2D eigenvalue weighted by Crippen LogP contribution is 2.37. The molecule has 0 saturated heterocycles. The maximum absolute atomic E-state index is 12.6. The third-order valence-electron chi connectivity index (χ3n) is 1.88. The van der Waals surface area contributed by atoms with Gasteiger partial charge in [0, 0.05) is 24.6 Å². The minimum absolute atomic E-state index is 0.0920. The molecule has 0 spiro atoms. The normalized spacial score (nSPS) is 11.4. The number of fused-ring (bicyclic) bond motifs is 1. The highest BCUT2D eigenvalue weighted by molar-refractivity contribution is 14.1. The predicted octanol–water partition coefficient (Wildman–Crippen LogP) is 4.15. The summed E-state index contributed by atoms with van der Waals surface area (Å²) in [4.78, 5) is 0. The number of hydrogen-bond donors (Lipinski definition) is 1. The van der Waals surface area contributed by atoms with Gasteiger partial charge in [0.05, 0.1) is 0 Å². The molecule has 1 nitrogen and oxygen atoms in total. The van der Waals surface area contributed by atoms with Crippen LogP contribution in [0.5, 0.6) is 5.75 Å².